The van der Waals surface area contributed by atoms with Gasteiger partial charge in [0.2, 0.25) is 5.95 Å². The number of aromatic nitrogens is 2. The predicted molar refractivity (Wildman–Crippen MR) is 62.7 cm³/mol. The molecular weight excluding hydrogens is 222 g/mol. The van der Waals surface area contributed by atoms with E-state index in [2.05, 4.69) is 9.97 Å². The van der Waals surface area contributed by atoms with Crippen LogP contribution in [0.2, 0.25) is 0 Å². The Morgan fingerprint density at radius 3 is 2.71 bits per heavy atom. The van der Waals surface area contributed by atoms with Gasteiger partial charge in [0.05, 0.1) is 4.92 Å². The van der Waals surface area contributed by atoms with Crippen LogP contribution in [-0.4, -0.2) is 34.0 Å². The molecule has 0 radical (unpaired) electrons. The van der Waals surface area contributed by atoms with Gasteiger partial charge in [-0.1, -0.05) is 0 Å². The van der Waals surface area contributed by atoms with Gasteiger partial charge in [0.25, 0.3) is 0 Å². The molecule has 2 atom stereocenters. The Bertz CT molecular complexity index is 406. The monoisotopic (exact) mass is 237 g/mol. The Morgan fingerprint density at radius 2 is 2.24 bits per heavy atom. The van der Waals surface area contributed by atoms with Crippen molar-refractivity contribution in [2.75, 3.05) is 18.0 Å². The Morgan fingerprint density at radius 1 is 1.59 bits per heavy atom. The van der Waals surface area contributed by atoms with Crippen LogP contribution in [0.3, 0.4) is 0 Å². The lowest BCUT2D eigenvalue weighted by Gasteiger charge is -2.17. The van der Waals surface area contributed by atoms with E-state index in [1.165, 1.54) is 12.4 Å². The third kappa shape index (κ3) is 2.50. The maximum absolute atomic E-state index is 10.5. The van der Waals surface area contributed by atoms with Gasteiger partial charge in [0, 0.05) is 19.1 Å². The Hall–Kier alpha value is -1.76. The van der Waals surface area contributed by atoms with Crippen LogP contribution >= 0.6 is 0 Å². The number of hydrogen-bond acceptors (Lipinski definition) is 6. The second-order valence-electron chi connectivity index (χ2n) is 4.35. The zero-order chi connectivity index (χ0) is 12.4. The van der Waals surface area contributed by atoms with E-state index < -0.39 is 4.92 Å². The molecule has 1 aliphatic rings. The van der Waals surface area contributed by atoms with E-state index in [0.29, 0.717) is 11.9 Å². The van der Waals surface area contributed by atoms with Crippen molar-refractivity contribution < 1.29 is 4.92 Å². The summed E-state index contributed by atoms with van der Waals surface area (Å²) in [6, 6.07) is 0.151. The molecule has 0 saturated carbocycles. The van der Waals surface area contributed by atoms with Crippen LogP contribution in [0.25, 0.3) is 0 Å². The number of hydrogen-bond donors (Lipinski definition) is 1. The maximum Gasteiger partial charge on any atom is 0.305 e. The van der Waals surface area contributed by atoms with E-state index >= 15 is 0 Å². The van der Waals surface area contributed by atoms with Gasteiger partial charge in [0.15, 0.2) is 0 Å². The summed E-state index contributed by atoms with van der Waals surface area (Å²) < 4.78 is 0. The lowest BCUT2D eigenvalue weighted by Crippen LogP contribution is -2.30. The highest BCUT2D eigenvalue weighted by molar-refractivity contribution is 5.35. The van der Waals surface area contributed by atoms with Crippen LogP contribution in [0.4, 0.5) is 11.6 Å². The summed E-state index contributed by atoms with van der Waals surface area (Å²) in [4.78, 5) is 20.0. The fourth-order valence-corrected chi connectivity index (χ4v) is 1.97. The highest BCUT2D eigenvalue weighted by Crippen LogP contribution is 2.22. The smallest absolute Gasteiger partial charge is 0.305 e. The summed E-state index contributed by atoms with van der Waals surface area (Å²) >= 11 is 0. The summed E-state index contributed by atoms with van der Waals surface area (Å²) in [5.74, 6) is 0.979. The molecule has 1 aromatic rings. The summed E-state index contributed by atoms with van der Waals surface area (Å²) in [6.07, 6.45) is 3.49. The standard InChI is InChI=1S/C10H15N5O2/c1-7(11)8-2-3-14(6-8)10-12-4-9(5-13-10)15(16)17/h4-5,7-8H,2-3,6,11H2,1H3. The average Bonchev–Trinajstić information content (AvgIpc) is 2.78. The van der Waals surface area contributed by atoms with E-state index in [-0.39, 0.29) is 11.7 Å². The quantitative estimate of drug-likeness (QED) is 0.609. The van der Waals surface area contributed by atoms with Crippen LogP contribution < -0.4 is 10.6 Å². The highest BCUT2D eigenvalue weighted by atomic mass is 16.6. The fraction of sp³-hybridized carbons (Fsp3) is 0.600. The minimum absolute atomic E-state index is 0.0864. The van der Waals surface area contributed by atoms with Crippen molar-refractivity contribution in [3.63, 3.8) is 0 Å². The van der Waals surface area contributed by atoms with Crippen LogP contribution in [0.15, 0.2) is 12.4 Å². The molecular formula is C10H15N5O2. The highest BCUT2D eigenvalue weighted by Gasteiger charge is 2.26. The van der Waals surface area contributed by atoms with Crippen molar-refractivity contribution in [1.82, 2.24) is 9.97 Å². The lowest BCUT2D eigenvalue weighted by atomic mass is 10.0. The van der Waals surface area contributed by atoms with Crippen molar-refractivity contribution in [1.29, 1.82) is 0 Å². The summed E-state index contributed by atoms with van der Waals surface area (Å²) in [5, 5.41) is 10.5. The number of nitrogens with two attached hydrogens (primary N) is 1. The molecule has 7 heteroatoms. The van der Waals surface area contributed by atoms with Crippen molar-refractivity contribution in [2.24, 2.45) is 11.7 Å². The zero-order valence-corrected chi connectivity index (χ0v) is 9.61. The van der Waals surface area contributed by atoms with Gasteiger partial charge in [-0.25, -0.2) is 9.97 Å². The molecule has 0 aliphatic carbocycles. The molecule has 92 valence electrons. The molecule has 7 nitrogen and oxygen atoms in total. The lowest BCUT2D eigenvalue weighted by molar-refractivity contribution is -0.385. The van der Waals surface area contributed by atoms with Gasteiger partial charge >= 0.3 is 5.69 Å². The van der Waals surface area contributed by atoms with E-state index in [1.807, 2.05) is 11.8 Å². The SMILES string of the molecule is CC(N)C1CCN(c2ncc([N+](=O)[O-])cn2)C1. The molecule has 0 spiro atoms. The van der Waals surface area contributed by atoms with Gasteiger partial charge in [-0.3, -0.25) is 10.1 Å². The zero-order valence-electron chi connectivity index (χ0n) is 9.61. The van der Waals surface area contributed by atoms with Crippen molar-refractivity contribution in [2.45, 2.75) is 19.4 Å². The number of nitro groups is 1. The molecule has 0 bridgehead atoms. The van der Waals surface area contributed by atoms with Gasteiger partial charge < -0.3 is 10.6 Å². The first-order chi connectivity index (χ1) is 8.08. The Balaban J connectivity index is 2.06. The van der Waals surface area contributed by atoms with Crippen molar-refractivity contribution in [3.8, 4) is 0 Å². The summed E-state index contributed by atoms with van der Waals surface area (Å²) in [6.45, 7) is 3.66. The molecule has 2 rings (SSSR count). The summed E-state index contributed by atoms with van der Waals surface area (Å²) in [5.41, 5.74) is 5.76. The van der Waals surface area contributed by atoms with Gasteiger partial charge in [-0.05, 0) is 19.3 Å². The fourth-order valence-electron chi connectivity index (χ4n) is 1.97. The second kappa shape index (κ2) is 4.62. The van der Waals surface area contributed by atoms with Crippen LogP contribution in [0, 0.1) is 16.0 Å². The third-order valence-corrected chi connectivity index (χ3v) is 3.09. The topological polar surface area (TPSA) is 98.2 Å². The minimum Gasteiger partial charge on any atom is -0.340 e. The maximum atomic E-state index is 10.5. The molecule has 1 aromatic heterocycles. The number of nitrogens with zero attached hydrogens (tertiary/aromatic N) is 4. The predicted octanol–water partition coefficient (Wildman–Crippen LogP) is 0.558. The van der Waals surface area contributed by atoms with E-state index in [0.717, 1.165) is 19.5 Å². The Kier molecular flexibility index (Phi) is 3.19. The van der Waals surface area contributed by atoms with Gasteiger partial charge in [-0.2, -0.15) is 0 Å². The first-order valence-corrected chi connectivity index (χ1v) is 5.55. The molecule has 17 heavy (non-hydrogen) atoms. The average molecular weight is 237 g/mol. The second-order valence-corrected chi connectivity index (χ2v) is 4.35. The van der Waals surface area contributed by atoms with E-state index in [9.17, 15) is 10.1 Å². The molecule has 2 N–H and O–H groups in total. The molecule has 0 amide bonds. The first kappa shape index (κ1) is 11.7. The normalized spacial score (nSPS) is 21.5. The Labute approximate surface area is 98.8 Å². The third-order valence-electron chi connectivity index (χ3n) is 3.09. The van der Waals surface area contributed by atoms with Crippen LogP contribution in [0.1, 0.15) is 13.3 Å². The first-order valence-electron chi connectivity index (χ1n) is 5.55. The van der Waals surface area contributed by atoms with E-state index in [4.69, 9.17) is 5.73 Å². The molecule has 1 aliphatic heterocycles. The van der Waals surface area contributed by atoms with Crippen LogP contribution in [0.5, 0.6) is 0 Å². The molecule has 2 heterocycles. The van der Waals surface area contributed by atoms with Gasteiger partial charge in [-0.15, -0.1) is 0 Å². The van der Waals surface area contributed by atoms with E-state index in [1.54, 1.807) is 0 Å². The number of anilines is 1. The summed E-state index contributed by atoms with van der Waals surface area (Å²) in [7, 11) is 0. The molecule has 1 saturated heterocycles. The van der Waals surface area contributed by atoms with Gasteiger partial charge in [0.1, 0.15) is 12.4 Å². The molecule has 1 fully saturated rings. The minimum atomic E-state index is -0.501. The van der Waals surface area contributed by atoms with Crippen molar-refractivity contribution in [3.05, 3.63) is 22.5 Å². The number of rotatable bonds is 3. The molecule has 2 unspecified atom stereocenters. The van der Waals surface area contributed by atoms with Crippen molar-refractivity contribution >= 4 is 11.6 Å². The van der Waals surface area contributed by atoms with Crippen LogP contribution in [-0.2, 0) is 0 Å². The largest absolute Gasteiger partial charge is 0.340 e. The molecule has 0 aromatic carbocycles.